The van der Waals surface area contributed by atoms with Crippen molar-refractivity contribution in [3.8, 4) is 0 Å². The summed E-state index contributed by atoms with van der Waals surface area (Å²) in [5, 5.41) is 8.12. The molecule has 32 heavy (non-hydrogen) atoms. The quantitative estimate of drug-likeness (QED) is 0.607. The van der Waals surface area contributed by atoms with E-state index in [1.54, 1.807) is 0 Å². The SMILES string of the molecule is CC(C)CNC(=O)C12CCC(N)(CC1)CC2.CCCNC(=O)c1cccc2ccccc12. The first-order valence-electron chi connectivity index (χ1n) is 12.1. The lowest BCUT2D eigenvalue weighted by molar-refractivity contribution is -0.137. The summed E-state index contributed by atoms with van der Waals surface area (Å²) in [6.07, 6.45) is 7.02. The summed E-state index contributed by atoms with van der Waals surface area (Å²) in [7, 11) is 0. The van der Waals surface area contributed by atoms with Crippen LogP contribution < -0.4 is 16.4 Å². The van der Waals surface area contributed by atoms with Gasteiger partial charge in [-0.05, 0) is 67.7 Å². The molecule has 0 aromatic heterocycles. The third-order valence-electron chi connectivity index (χ3n) is 7.03. The zero-order chi connectivity index (χ0) is 23.2. The lowest BCUT2D eigenvalue weighted by Crippen LogP contribution is -2.56. The topological polar surface area (TPSA) is 84.2 Å². The average Bonchev–Trinajstić information content (AvgIpc) is 2.81. The van der Waals surface area contributed by atoms with Crippen LogP contribution in [0.25, 0.3) is 10.8 Å². The molecule has 3 saturated carbocycles. The number of rotatable bonds is 6. The fourth-order valence-electron chi connectivity index (χ4n) is 4.80. The molecule has 174 valence electrons. The Kier molecular flexibility index (Phi) is 7.94. The minimum Gasteiger partial charge on any atom is -0.355 e. The van der Waals surface area contributed by atoms with Crippen LogP contribution in [0.15, 0.2) is 42.5 Å². The fraction of sp³-hybridized carbons (Fsp3) is 0.556. The molecule has 5 nitrogen and oxygen atoms in total. The molecule has 0 spiro atoms. The van der Waals surface area contributed by atoms with Crippen LogP contribution in [0.2, 0.25) is 0 Å². The first-order valence-corrected chi connectivity index (χ1v) is 12.1. The molecule has 2 bridgehead atoms. The molecule has 4 N–H and O–H groups in total. The standard InChI is InChI=1S/C14H15NO.C13H24N2O/c1-2-10-15-14(16)13-9-5-7-11-6-3-4-8-12(11)13;1-10(2)9-15-11(16)12-3-6-13(14,7-4-12)8-5-12/h3-9H,2,10H2,1H3,(H,15,16);10H,3-9,14H2,1-2H3,(H,15,16). The summed E-state index contributed by atoms with van der Waals surface area (Å²) in [6.45, 7) is 7.83. The van der Waals surface area contributed by atoms with Gasteiger partial charge in [-0.15, -0.1) is 0 Å². The van der Waals surface area contributed by atoms with Crippen LogP contribution in [0, 0.1) is 11.3 Å². The zero-order valence-electron chi connectivity index (χ0n) is 19.9. The van der Waals surface area contributed by atoms with Crippen LogP contribution in [0.5, 0.6) is 0 Å². The van der Waals surface area contributed by atoms with E-state index in [4.69, 9.17) is 5.73 Å². The van der Waals surface area contributed by atoms with Crippen LogP contribution in [0.3, 0.4) is 0 Å². The maximum atomic E-state index is 12.2. The van der Waals surface area contributed by atoms with Crippen molar-refractivity contribution in [1.29, 1.82) is 0 Å². The van der Waals surface area contributed by atoms with Crippen molar-refractivity contribution in [2.45, 2.75) is 71.3 Å². The summed E-state index contributed by atoms with van der Waals surface area (Å²) in [4.78, 5) is 24.1. The molecule has 0 radical (unpaired) electrons. The largest absolute Gasteiger partial charge is 0.355 e. The summed E-state index contributed by atoms with van der Waals surface area (Å²) in [6, 6.07) is 13.7. The average molecular weight is 438 g/mol. The fourth-order valence-corrected chi connectivity index (χ4v) is 4.80. The van der Waals surface area contributed by atoms with E-state index in [1.807, 2.05) is 49.4 Å². The van der Waals surface area contributed by atoms with E-state index in [9.17, 15) is 9.59 Å². The van der Waals surface area contributed by atoms with Gasteiger partial charge in [0.2, 0.25) is 5.91 Å². The molecule has 0 aliphatic heterocycles. The number of benzene rings is 2. The number of carbonyl (C=O) groups is 2. The lowest BCUT2D eigenvalue weighted by Gasteiger charge is -2.50. The van der Waals surface area contributed by atoms with Gasteiger partial charge in [0.05, 0.1) is 0 Å². The molecular weight excluding hydrogens is 398 g/mol. The van der Waals surface area contributed by atoms with E-state index < -0.39 is 0 Å². The molecule has 0 atom stereocenters. The molecule has 2 aromatic carbocycles. The van der Waals surface area contributed by atoms with E-state index in [0.717, 1.165) is 74.4 Å². The summed E-state index contributed by atoms with van der Waals surface area (Å²) < 4.78 is 0. The Morgan fingerprint density at radius 2 is 1.56 bits per heavy atom. The van der Waals surface area contributed by atoms with Gasteiger partial charge in [0.25, 0.3) is 5.91 Å². The molecule has 3 aliphatic rings. The minimum atomic E-state index is -0.0734. The van der Waals surface area contributed by atoms with Crippen LogP contribution >= 0.6 is 0 Å². The molecule has 3 aliphatic carbocycles. The maximum absolute atomic E-state index is 12.2. The van der Waals surface area contributed by atoms with Crippen molar-refractivity contribution in [3.63, 3.8) is 0 Å². The summed E-state index contributed by atoms with van der Waals surface area (Å²) in [5.74, 6) is 0.822. The number of fused-ring (bicyclic) bond motifs is 4. The van der Waals surface area contributed by atoms with Gasteiger partial charge in [-0.1, -0.05) is 57.2 Å². The molecule has 3 fully saturated rings. The predicted octanol–water partition coefficient (Wildman–Crippen LogP) is 4.79. The highest BCUT2D eigenvalue weighted by Gasteiger charge is 2.50. The van der Waals surface area contributed by atoms with Crippen LogP contribution in [-0.4, -0.2) is 30.4 Å². The molecule has 2 amide bonds. The number of carbonyl (C=O) groups excluding carboxylic acids is 2. The van der Waals surface area contributed by atoms with Gasteiger partial charge in [0, 0.05) is 29.6 Å². The Balaban J connectivity index is 0.000000181. The van der Waals surface area contributed by atoms with E-state index in [-0.39, 0.29) is 22.8 Å². The second-order valence-corrected chi connectivity index (χ2v) is 10.0. The van der Waals surface area contributed by atoms with Gasteiger partial charge in [0.15, 0.2) is 0 Å². The van der Waals surface area contributed by atoms with Gasteiger partial charge < -0.3 is 16.4 Å². The molecule has 0 unspecified atom stereocenters. The molecule has 2 aromatic rings. The highest BCUT2D eigenvalue weighted by atomic mass is 16.2. The van der Waals surface area contributed by atoms with Crippen molar-refractivity contribution in [2.75, 3.05) is 13.1 Å². The molecule has 5 rings (SSSR count). The van der Waals surface area contributed by atoms with Gasteiger partial charge in [-0.3, -0.25) is 9.59 Å². The minimum absolute atomic E-state index is 0.0126. The molecule has 5 heteroatoms. The smallest absolute Gasteiger partial charge is 0.251 e. The normalized spacial score (nSPS) is 24.0. The monoisotopic (exact) mass is 437 g/mol. The Labute approximate surface area is 192 Å². The first kappa shape index (κ1) is 24.2. The number of hydrogen-bond donors (Lipinski definition) is 3. The van der Waals surface area contributed by atoms with Crippen LogP contribution in [-0.2, 0) is 4.79 Å². The number of nitrogens with two attached hydrogens (primary N) is 1. The lowest BCUT2D eigenvalue weighted by atomic mass is 9.57. The molecule has 0 saturated heterocycles. The van der Waals surface area contributed by atoms with Crippen molar-refractivity contribution in [2.24, 2.45) is 17.1 Å². The summed E-state index contributed by atoms with van der Waals surface area (Å²) >= 11 is 0. The second-order valence-electron chi connectivity index (χ2n) is 10.0. The van der Waals surface area contributed by atoms with E-state index >= 15 is 0 Å². The highest BCUT2D eigenvalue weighted by molar-refractivity contribution is 6.06. The number of amides is 2. The van der Waals surface area contributed by atoms with Gasteiger partial charge in [-0.2, -0.15) is 0 Å². The van der Waals surface area contributed by atoms with Crippen molar-refractivity contribution < 1.29 is 9.59 Å². The Bertz CT molecular complexity index is 908. The maximum Gasteiger partial charge on any atom is 0.251 e. The van der Waals surface area contributed by atoms with Crippen LogP contribution in [0.1, 0.15) is 76.1 Å². The van der Waals surface area contributed by atoms with Gasteiger partial charge in [0.1, 0.15) is 0 Å². The highest BCUT2D eigenvalue weighted by Crippen LogP contribution is 2.51. The van der Waals surface area contributed by atoms with Crippen LogP contribution in [0.4, 0.5) is 0 Å². The number of nitrogens with one attached hydrogen (secondary N) is 2. The predicted molar refractivity (Wildman–Crippen MR) is 131 cm³/mol. The summed E-state index contributed by atoms with van der Waals surface area (Å²) in [5.41, 5.74) is 6.98. The Hall–Kier alpha value is -2.40. The van der Waals surface area contributed by atoms with Crippen molar-refractivity contribution >= 4 is 22.6 Å². The Morgan fingerprint density at radius 1 is 0.938 bits per heavy atom. The molecule has 0 heterocycles. The van der Waals surface area contributed by atoms with Gasteiger partial charge >= 0.3 is 0 Å². The third-order valence-corrected chi connectivity index (χ3v) is 7.03. The zero-order valence-corrected chi connectivity index (χ0v) is 19.9. The molecular formula is C27H39N3O2. The van der Waals surface area contributed by atoms with E-state index in [2.05, 4.69) is 24.5 Å². The van der Waals surface area contributed by atoms with E-state index in [0.29, 0.717) is 5.92 Å². The van der Waals surface area contributed by atoms with Crippen molar-refractivity contribution in [1.82, 2.24) is 10.6 Å². The second kappa shape index (κ2) is 10.5. The first-order chi connectivity index (χ1) is 15.3. The number of hydrogen-bond acceptors (Lipinski definition) is 3. The van der Waals surface area contributed by atoms with Gasteiger partial charge in [-0.25, -0.2) is 0 Å². The third kappa shape index (κ3) is 5.69. The Morgan fingerprint density at radius 3 is 2.19 bits per heavy atom. The van der Waals surface area contributed by atoms with E-state index in [1.165, 1.54) is 0 Å². The van der Waals surface area contributed by atoms with Crippen molar-refractivity contribution in [3.05, 3.63) is 48.0 Å².